The first kappa shape index (κ1) is 22.9. The number of hydrogen-bond donors (Lipinski definition) is 1. The number of hydrogen-bond acceptors (Lipinski definition) is 7. The predicted octanol–water partition coefficient (Wildman–Crippen LogP) is 3.57. The second-order valence-corrected chi connectivity index (χ2v) is 10.0. The maximum atomic E-state index is 12.5. The molecule has 0 bridgehead atoms. The van der Waals surface area contributed by atoms with Gasteiger partial charge in [0.15, 0.2) is 5.13 Å². The summed E-state index contributed by atoms with van der Waals surface area (Å²) >= 11 is 1.38. The zero-order chi connectivity index (χ0) is 23.6. The molecule has 1 N–H and O–H groups in total. The van der Waals surface area contributed by atoms with Gasteiger partial charge in [0.25, 0.3) is 5.56 Å². The Balaban J connectivity index is 1.30. The molecule has 0 aliphatic carbocycles. The predicted molar refractivity (Wildman–Crippen MR) is 126 cm³/mol. The molecule has 3 aromatic rings. The maximum absolute atomic E-state index is 12.5. The first-order valence-corrected chi connectivity index (χ1v) is 11.7. The smallest absolute Gasteiger partial charge is 0.410 e. The van der Waals surface area contributed by atoms with Crippen LogP contribution in [0.5, 0.6) is 0 Å². The summed E-state index contributed by atoms with van der Waals surface area (Å²) in [4.78, 5) is 48.7. The molecule has 4 rings (SSSR count). The number of nitrogens with one attached hydrogen (secondary N) is 1. The Kier molecular flexibility index (Phi) is 6.46. The number of nitrogens with zero attached hydrogens (tertiary/aromatic N) is 4. The zero-order valence-electron chi connectivity index (χ0n) is 19.0. The highest BCUT2D eigenvalue weighted by Gasteiger charge is 2.28. The van der Waals surface area contributed by atoms with Crippen LogP contribution in [0.1, 0.15) is 44.2 Å². The lowest BCUT2D eigenvalue weighted by Crippen LogP contribution is -2.39. The minimum atomic E-state index is -0.543. The number of para-hydroxylation sites is 1. The number of thiazole rings is 1. The van der Waals surface area contributed by atoms with Gasteiger partial charge in [0.1, 0.15) is 5.60 Å². The van der Waals surface area contributed by atoms with E-state index < -0.39 is 5.60 Å². The molecule has 1 aliphatic rings. The Morgan fingerprint density at radius 2 is 2.03 bits per heavy atom. The van der Waals surface area contributed by atoms with Crippen molar-refractivity contribution in [2.24, 2.45) is 0 Å². The van der Waals surface area contributed by atoms with Crippen LogP contribution < -0.4 is 10.9 Å². The van der Waals surface area contributed by atoms with E-state index in [2.05, 4.69) is 15.3 Å². The van der Waals surface area contributed by atoms with Gasteiger partial charge in [0.05, 0.1) is 29.5 Å². The van der Waals surface area contributed by atoms with Crippen molar-refractivity contribution in [1.29, 1.82) is 0 Å². The average Bonchev–Trinajstić information content (AvgIpc) is 3.15. The molecule has 33 heavy (non-hydrogen) atoms. The van der Waals surface area contributed by atoms with Gasteiger partial charge in [-0.2, -0.15) is 0 Å². The van der Waals surface area contributed by atoms with Gasteiger partial charge in [-0.25, -0.2) is 14.8 Å². The van der Waals surface area contributed by atoms with Crippen molar-refractivity contribution in [2.45, 2.75) is 58.7 Å². The van der Waals surface area contributed by atoms with Gasteiger partial charge in [-0.15, -0.1) is 0 Å². The molecule has 3 heterocycles. The third-order valence-corrected chi connectivity index (χ3v) is 6.16. The Morgan fingerprint density at radius 1 is 1.24 bits per heavy atom. The molecular weight excluding hydrogens is 442 g/mol. The van der Waals surface area contributed by atoms with Gasteiger partial charge >= 0.3 is 6.09 Å². The zero-order valence-corrected chi connectivity index (χ0v) is 19.8. The molecule has 0 spiro atoms. The summed E-state index contributed by atoms with van der Waals surface area (Å²) < 4.78 is 6.98. The maximum Gasteiger partial charge on any atom is 0.410 e. The van der Waals surface area contributed by atoms with Crippen molar-refractivity contribution in [3.05, 3.63) is 51.5 Å². The van der Waals surface area contributed by atoms with Crippen molar-refractivity contribution in [1.82, 2.24) is 19.4 Å². The largest absolute Gasteiger partial charge is 0.444 e. The van der Waals surface area contributed by atoms with E-state index in [1.54, 1.807) is 17.0 Å². The lowest BCUT2D eigenvalue weighted by Gasteiger charge is -2.29. The van der Waals surface area contributed by atoms with Crippen molar-refractivity contribution in [2.75, 3.05) is 11.9 Å². The van der Waals surface area contributed by atoms with Crippen molar-refractivity contribution in [3.8, 4) is 0 Å². The lowest BCUT2D eigenvalue weighted by atomic mass is 10.2. The SMILES string of the molecule is CC(C)(C)OC(=O)N1CCc2nc(NC(=O)CCCn3cnc4ccccc4c3=O)sc2C1. The lowest BCUT2D eigenvalue weighted by molar-refractivity contribution is -0.116. The van der Waals surface area contributed by atoms with Crippen LogP contribution in [0.15, 0.2) is 35.4 Å². The van der Waals surface area contributed by atoms with Crippen LogP contribution in [0.2, 0.25) is 0 Å². The Hall–Kier alpha value is -3.27. The number of aromatic nitrogens is 3. The fourth-order valence-corrected chi connectivity index (χ4v) is 4.63. The quantitative estimate of drug-likeness (QED) is 0.612. The summed E-state index contributed by atoms with van der Waals surface area (Å²) in [6.45, 7) is 6.89. The van der Waals surface area contributed by atoms with Gasteiger partial charge in [0, 0.05) is 30.8 Å². The van der Waals surface area contributed by atoms with E-state index in [1.807, 2.05) is 32.9 Å². The number of anilines is 1. The molecule has 0 radical (unpaired) electrons. The fraction of sp³-hybridized carbons (Fsp3) is 0.435. The molecule has 2 amide bonds. The topological polar surface area (TPSA) is 106 Å². The molecule has 2 aromatic heterocycles. The normalized spacial score (nSPS) is 13.6. The molecule has 0 atom stereocenters. The molecule has 0 saturated carbocycles. The molecule has 1 aromatic carbocycles. The van der Waals surface area contributed by atoms with E-state index in [0.29, 0.717) is 48.5 Å². The Bertz CT molecular complexity index is 1240. The van der Waals surface area contributed by atoms with Gasteiger partial charge < -0.3 is 15.0 Å². The summed E-state index contributed by atoms with van der Waals surface area (Å²) in [7, 11) is 0. The van der Waals surface area contributed by atoms with E-state index in [1.165, 1.54) is 22.2 Å². The molecule has 9 nitrogen and oxygen atoms in total. The minimum Gasteiger partial charge on any atom is -0.444 e. The van der Waals surface area contributed by atoms with Gasteiger partial charge in [0.2, 0.25) is 5.91 Å². The highest BCUT2D eigenvalue weighted by molar-refractivity contribution is 7.15. The highest BCUT2D eigenvalue weighted by atomic mass is 32.1. The van der Waals surface area contributed by atoms with Crippen LogP contribution in [-0.4, -0.2) is 43.6 Å². The van der Waals surface area contributed by atoms with Crippen molar-refractivity contribution >= 4 is 39.4 Å². The third-order valence-electron chi connectivity index (χ3n) is 5.16. The summed E-state index contributed by atoms with van der Waals surface area (Å²) in [5.74, 6) is -0.160. The van der Waals surface area contributed by atoms with Gasteiger partial charge in [-0.1, -0.05) is 23.5 Å². The Labute approximate surface area is 195 Å². The first-order chi connectivity index (χ1) is 15.7. The molecule has 174 valence electrons. The summed E-state index contributed by atoms with van der Waals surface area (Å²) in [5, 5.41) is 3.94. The monoisotopic (exact) mass is 469 g/mol. The number of rotatable bonds is 5. The van der Waals surface area contributed by atoms with E-state index >= 15 is 0 Å². The second-order valence-electron chi connectivity index (χ2n) is 8.95. The number of ether oxygens (including phenoxy) is 1. The summed E-state index contributed by atoms with van der Waals surface area (Å²) in [6, 6.07) is 7.20. The van der Waals surface area contributed by atoms with Crippen molar-refractivity contribution < 1.29 is 14.3 Å². The molecule has 0 fully saturated rings. The van der Waals surface area contributed by atoms with E-state index in [-0.39, 0.29) is 24.0 Å². The van der Waals surface area contributed by atoms with Crippen LogP contribution in [0.3, 0.4) is 0 Å². The second kappa shape index (κ2) is 9.30. The summed E-state index contributed by atoms with van der Waals surface area (Å²) in [5.41, 5.74) is 0.916. The third kappa shape index (κ3) is 5.57. The summed E-state index contributed by atoms with van der Waals surface area (Å²) in [6.07, 6.45) is 2.56. The first-order valence-electron chi connectivity index (χ1n) is 10.9. The highest BCUT2D eigenvalue weighted by Crippen LogP contribution is 2.29. The van der Waals surface area contributed by atoms with Crippen LogP contribution in [0.25, 0.3) is 10.9 Å². The number of amides is 2. The minimum absolute atomic E-state index is 0.108. The number of carbonyl (C=O) groups excluding carboxylic acids is 2. The fourth-order valence-electron chi connectivity index (χ4n) is 3.59. The van der Waals surface area contributed by atoms with E-state index in [4.69, 9.17) is 4.74 Å². The van der Waals surface area contributed by atoms with Crippen molar-refractivity contribution in [3.63, 3.8) is 0 Å². The van der Waals surface area contributed by atoms with Crippen LogP contribution in [0, 0.1) is 0 Å². The van der Waals surface area contributed by atoms with Crippen LogP contribution in [-0.2, 0) is 29.0 Å². The molecule has 10 heteroatoms. The average molecular weight is 470 g/mol. The number of benzene rings is 1. The Morgan fingerprint density at radius 3 is 2.82 bits per heavy atom. The molecule has 0 unspecified atom stereocenters. The van der Waals surface area contributed by atoms with Gasteiger partial charge in [-0.3, -0.25) is 14.2 Å². The van der Waals surface area contributed by atoms with E-state index in [9.17, 15) is 14.4 Å². The molecule has 0 saturated heterocycles. The number of carbonyl (C=O) groups is 2. The van der Waals surface area contributed by atoms with Crippen LogP contribution >= 0.6 is 11.3 Å². The van der Waals surface area contributed by atoms with Gasteiger partial charge in [-0.05, 0) is 39.3 Å². The van der Waals surface area contributed by atoms with Crippen LogP contribution in [0.4, 0.5) is 9.93 Å². The van der Waals surface area contributed by atoms with E-state index in [0.717, 1.165) is 10.6 Å². The number of fused-ring (bicyclic) bond motifs is 2. The standard InChI is InChI=1S/C23H27N5O4S/c1-23(2,3)32-22(31)27-12-10-17-18(13-27)33-21(25-17)26-19(29)9-6-11-28-14-24-16-8-5-4-7-15(16)20(28)30/h4-5,7-8,14H,6,9-13H2,1-3H3,(H,25,26,29). The number of aryl methyl sites for hydroxylation is 1. The molecular formula is C23H27N5O4S. The molecule has 1 aliphatic heterocycles.